The molecule has 5 heteroatoms. The fourth-order valence-electron chi connectivity index (χ4n) is 2.43. The van der Waals surface area contributed by atoms with Crippen LogP contribution in [0.5, 0.6) is 0 Å². The van der Waals surface area contributed by atoms with Crippen molar-refractivity contribution in [2.75, 3.05) is 18.8 Å². The van der Waals surface area contributed by atoms with Crippen LogP contribution >= 0.6 is 0 Å². The zero-order valence-electron chi connectivity index (χ0n) is 12.1. The second-order valence-corrected chi connectivity index (χ2v) is 9.34. The summed E-state index contributed by atoms with van der Waals surface area (Å²) in [4.78, 5) is 2.30. The largest absolute Gasteiger partial charge is 0.328 e. The molecule has 2 N–H and O–H groups in total. The van der Waals surface area contributed by atoms with Crippen LogP contribution in [-0.4, -0.2) is 49.0 Å². The smallest absolute Gasteiger partial charge is 0.156 e. The molecule has 1 fully saturated rings. The number of nitrogens with two attached hydrogens (primary N) is 1. The van der Waals surface area contributed by atoms with Crippen LogP contribution in [-0.2, 0) is 9.84 Å². The Morgan fingerprint density at radius 2 is 2.00 bits per heavy atom. The van der Waals surface area contributed by atoms with Crippen LogP contribution in [0.25, 0.3) is 0 Å². The fourth-order valence-corrected chi connectivity index (χ4v) is 3.52. The van der Waals surface area contributed by atoms with Gasteiger partial charge < -0.3 is 5.73 Å². The molecule has 0 aliphatic carbocycles. The number of hydrogen-bond acceptors (Lipinski definition) is 4. The molecular weight excluding hydrogens is 248 g/mol. The summed E-state index contributed by atoms with van der Waals surface area (Å²) >= 11 is 0. The molecule has 1 rings (SSSR count). The van der Waals surface area contributed by atoms with Gasteiger partial charge in [-0.25, -0.2) is 8.42 Å². The van der Waals surface area contributed by atoms with Gasteiger partial charge in [0.2, 0.25) is 0 Å². The van der Waals surface area contributed by atoms with Crippen molar-refractivity contribution in [3.8, 4) is 0 Å². The molecule has 0 aromatic carbocycles. The van der Waals surface area contributed by atoms with Crippen LogP contribution in [0.15, 0.2) is 0 Å². The lowest BCUT2D eigenvalue weighted by molar-refractivity contribution is 0.248. The van der Waals surface area contributed by atoms with Crippen molar-refractivity contribution < 1.29 is 8.42 Å². The quantitative estimate of drug-likeness (QED) is 0.824. The molecule has 4 nitrogen and oxygen atoms in total. The van der Waals surface area contributed by atoms with E-state index >= 15 is 0 Å². The average Bonchev–Trinajstić information content (AvgIpc) is 2.59. The maximum Gasteiger partial charge on any atom is 0.156 e. The molecule has 1 aliphatic rings. The molecule has 0 aromatic heterocycles. The molecular formula is C13H28N2O2S. The van der Waals surface area contributed by atoms with E-state index in [1.807, 2.05) is 6.92 Å². The molecule has 2 unspecified atom stereocenters. The van der Waals surface area contributed by atoms with Crippen LogP contribution in [0.1, 0.15) is 47.0 Å². The summed E-state index contributed by atoms with van der Waals surface area (Å²) in [7, 11) is -3.01. The van der Waals surface area contributed by atoms with Gasteiger partial charge in [0.25, 0.3) is 0 Å². The van der Waals surface area contributed by atoms with Gasteiger partial charge in [0.05, 0.1) is 10.5 Å². The Labute approximate surface area is 112 Å². The highest BCUT2D eigenvalue weighted by Crippen LogP contribution is 2.22. The van der Waals surface area contributed by atoms with Gasteiger partial charge in [0, 0.05) is 18.6 Å². The normalized spacial score (nSPS) is 24.4. The third-order valence-corrected chi connectivity index (χ3v) is 6.31. The number of likely N-dealkylation sites (tertiary alicyclic amines) is 1. The van der Waals surface area contributed by atoms with Crippen LogP contribution < -0.4 is 5.73 Å². The zero-order chi connectivity index (χ0) is 14.0. The van der Waals surface area contributed by atoms with Crippen LogP contribution in [0.3, 0.4) is 0 Å². The van der Waals surface area contributed by atoms with E-state index in [0.29, 0.717) is 12.6 Å². The molecule has 1 heterocycles. The highest BCUT2D eigenvalue weighted by Gasteiger charge is 2.31. The minimum absolute atomic E-state index is 0.190. The molecule has 0 aromatic rings. The number of nitrogens with zero attached hydrogens (tertiary/aromatic N) is 1. The zero-order valence-corrected chi connectivity index (χ0v) is 13.0. The van der Waals surface area contributed by atoms with E-state index in [1.165, 1.54) is 0 Å². The van der Waals surface area contributed by atoms with E-state index in [1.54, 1.807) is 20.8 Å². The van der Waals surface area contributed by atoms with E-state index in [4.69, 9.17) is 5.73 Å². The van der Waals surface area contributed by atoms with Gasteiger partial charge in [-0.1, -0.05) is 0 Å². The van der Waals surface area contributed by atoms with Gasteiger partial charge in [0.1, 0.15) is 0 Å². The molecule has 108 valence electrons. The van der Waals surface area contributed by atoms with E-state index in [9.17, 15) is 8.42 Å². The van der Waals surface area contributed by atoms with Crippen LogP contribution in [0, 0.1) is 0 Å². The Balaban J connectivity index is 2.53. The summed E-state index contributed by atoms with van der Waals surface area (Å²) < 4.78 is 23.5. The van der Waals surface area contributed by atoms with Gasteiger partial charge in [0.15, 0.2) is 9.84 Å². The van der Waals surface area contributed by atoms with E-state index in [0.717, 1.165) is 25.8 Å². The summed E-state index contributed by atoms with van der Waals surface area (Å²) in [6.07, 6.45) is 3.28. The maximum absolute atomic E-state index is 12.1. The van der Waals surface area contributed by atoms with Crippen molar-refractivity contribution >= 4 is 9.84 Å². The predicted molar refractivity (Wildman–Crippen MR) is 76.4 cm³/mol. The molecule has 0 spiro atoms. The minimum Gasteiger partial charge on any atom is -0.328 e. The predicted octanol–water partition coefficient (Wildman–Crippen LogP) is 1.40. The highest BCUT2D eigenvalue weighted by atomic mass is 32.2. The van der Waals surface area contributed by atoms with Gasteiger partial charge in [-0.15, -0.1) is 0 Å². The number of rotatable bonds is 5. The van der Waals surface area contributed by atoms with Crippen molar-refractivity contribution in [3.05, 3.63) is 0 Å². The number of hydrogen-bond donors (Lipinski definition) is 1. The molecule has 0 amide bonds. The second-order valence-electron chi connectivity index (χ2n) is 6.48. The fraction of sp³-hybridized carbons (Fsp3) is 1.00. The van der Waals surface area contributed by atoms with E-state index in [-0.39, 0.29) is 11.8 Å². The molecule has 18 heavy (non-hydrogen) atoms. The second kappa shape index (κ2) is 5.88. The SMILES string of the molecule is CC(N)CC1CCCN1CCS(=O)(=O)C(C)(C)C. The molecule has 0 saturated carbocycles. The lowest BCUT2D eigenvalue weighted by atomic mass is 10.1. The average molecular weight is 276 g/mol. The first-order valence-corrected chi connectivity index (χ1v) is 8.50. The minimum atomic E-state index is -3.01. The summed E-state index contributed by atoms with van der Waals surface area (Å²) in [5.74, 6) is 0.256. The molecule has 1 saturated heterocycles. The van der Waals surface area contributed by atoms with E-state index < -0.39 is 14.6 Å². The first kappa shape index (κ1) is 15.9. The third-order valence-electron chi connectivity index (χ3n) is 3.72. The molecule has 1 aliphatic heterocycles. The summed E-state index contributed by atoms with van der Waals surface area (Å²) in [6.45, 7) is 8.99. The Kier molecular flexibility index (Phi) is 5.21. The summed E-state index contributed by atoms with van der Waals surface area (Å²) in [6, 6.07) is 0.662. The van der Waals surface area contributed by atoms with Gasteiger partial charge >= 0.3 is 0 Å². The summed E-state index contributed by atoms with van der Waals surface area (Å²) in [5.41, 5.74) is 5.84. The van der Waals surface area contributed by atoms with E-state index in [2.05, 4.69) is 4.90 Å². The van der Waals surface area contributed by atoms with Crippen molar-refractivity contribution in [1.82, 2.24) is 4.90 Å². The van der Waals surface area contributed by atoms with Crippen molar-refractivity contribution in [2.45, 2.75) is 63.8 Å². The van der Waals surface area contributed by atoms with Crippen LogP contribution in [0.2, 0.25) is 0 Å². The van der Waals surface area contributed by atoms with Crippen LogP contribution in [0.4, 0.5) is 0 Å². The van der Waals surface area contributed by atoms with Gasteiger partial charge in [-0.3, -0.25) is 4.90 Å². The lowest BCUT2D eigenvalue weighted by Gasteiger charge is -2.27. The molecule has 2 atom stereocenters. The highest BCUT2D eigenvalue weighted by molar-refractivity contribution is 7.92. The third kappa shape index (κ3) is 4.21. The van der Waals surface area contributed by atoms with Gasteiger partial charge in [-0.2, -0.15) is 0 Å². The molecule has 0 radical (unpaired) electrons. The standard InChI is InChI=1S/C13H28N2O2S/c1-11(14)10-12-6-5-7-15(12)8-9-18(16,17)13(2,3)4/h11-12H,5-10,14H2,1-4H3. The first-order chi connectivity index (χ1) is 8.13. The lowest BCUT2D eigenvalue weighted by Crippen LogP contribution is -2.40. The first-order valence-electron chi connectivity index (χ1n) is 6.85. The Bertz CT molecular complexity index is 358. The number of sulfone groups is 1. The monoisotopic (exact) mass is 276 g/mol. The van der Waals surface area contributed by atoms with Crippen molar-refractivity contribution in [2.24, 2.45) is 5.73 Å². The molecule has 0 bridgehead atoms. The topological polar surface area (TPSA) is 63.4 Å². The Hall–Kier alpha value is -0.130. The Morgan fingerprint density at radius 3 is 2.50 bits per heavy atom. The Morgan fingerprint density at radius 1 is 1.39 bits per heavy atom. The summed E-state index contributed by atoms with van der Waals surface area (Å²) in [5, 5.41) is 0. The van der Waals surface area contributed by atoms with Crippen molar-refractivity contribution in [3.63, 3.8) is 0 Å². The maximum atomic E-state index is 12.1. The van der Waals surface area contributed by atoms with Crippen molar-refractivity contribution in [1.29, 1.82) is 0 Å². The van der Waals surface area contributed by atoms with Gasteiger partial charge in [-0.05, 0) is 53.5 Å².